The molecule has 0 bridgehead atoms. The van der Waals surface area contributed by atoms with Crippen LogP contribution in [0.1, 0.15) is 13.2 Å². The fourth-order valence-electron chi connectivity index (χ4n) is 0.581. The van der Waals surface area contributed by atoms with Gasteiger partial charge in [-0.2, -0.15) is 0 Å². The van der Waals surface area contributed by atoms with Gasteiger partial charge in [0.1, 0.15) is 0 Å². The van der Waals surface area contributed by atoms with E-state index in [0.717, 1.165) is 0 Å². The van der Waals surface area contributed by atoms with E-state index in [1.165, 1.54) is 0 Å². The molecule has 0 saturated carbocycles. The van der Waals surface area contributed by atoms with Crippen molar-refractivity contribution in [3.63, 3.8) is 0 Å². The molecule has 0 aliphatic rings. The second-order valence-electron chi connectivity index (χ2n) is 2.27. The van der Waals surface area contributed by atoms with E-state index in [2.05, 4.69) is 5.73 Å². The van der Waals surface area contributed by atoms with Crippen LogP contribution in [0.2, 0.25) is 0 Å². The van der Waals surface area contributed by atoms with E-state index in [9.17, 15) is 9.59 Å². The molecule has 15 heavy (non-hydrogen) atoms. The van der Waals surface area contributed by atoms with E-state index >= 15 is 0 Å². The van der Waals surface area contributed by atoms with Crippen molar-refractivity contribution in [1.82, 2.24) is 0 Å². The zero-order valence-corrected chi connectivity index (χ0v) is 10.3. The molecule has 0 amide bonds. The summed E-state index contributed by atoms with van der Waals surface area (Å²) >= 11 is 0. The molecule has 5 nitrogen and oxygen atoms in total. The van der Waals surface area contributed by atoms with Crippen molar-refractivity contribution in [3.8, 4) is 0 Å². The third-order valence-corrected chi connectivity index (χ3v) is 1.20. The molecular formula is C9H13CaNO4. The Morgan fingerprint density at radius 1 is 1.20 bits per heavy atom. The van der Waals surface area contributed by atoms with Gasteiger partial charge in [0.2, 0.25) is 0 Å². The molecule has 80 valence electrons. The minimum atomic E-state index is -0.968. The molecule has 0 atom stereocenters. The minimum Gasteiger partial charge on any atom is -1.00 e. The molecule has 0 aromatic heterocycles. The number of aromatic carboxylic acids is 1. The van der Waals surface area contributed by atoms with Crippen molar-refractivity contribution in [2.24, 2.45) is 5.73 Å². The maximum absolute atomic E-state index is 10.2. The molecule has 0 fully saturated rings. The predicted octanol–water partition coefficient (Wildman–Crippen LogP) is 0.259. The Balaban J connectivity index is -0.0000000948. The number of carbonyl (C=O) groups is 2. The third kappa shape index (κ3) is 9.68. The van der Waals surface area contributed by atoms with Crippen molar-refractivity contribution in [3.05, 3.63) is 35.9 Å². The summed E-state index contributed by atoms with van der Waals surface area (Å²) in [5, 5.41) is 16.0. The fourth-order valence-corrected chi connectivity index (χ4v) is 0.581. The smallest absolute Gasteiger partial charge is 1.00 e. The first-order valence-corrected chi connectivity index (χ1v) is 3.78. The second kappa shape index (κ2) is 9.92. The van der Waals surface area contributed by atoms with Gasteiger partial charge in [-0.3, -0.25) is 4.79 Å². The van der Waals surface area contributed by atoms with Gasteiger partial charge in [-0.05, 0) is 12.1 Å². The van der Waals surface area contributed by atoms with Crippen LogP contribution >= 0.6 is 0 Å². The summed E-state index contributed by atoms with van der Waals surface area (Å²) in [6.45, 7) is -0.278. The average molecular weight is 239 g/mol. The number of rotatable bonds is 2. The first-order chi connectivity index (χ1) is 6.57. The quantitative estimate of drug-likeness (QED) is 0.643. The maximum Gasteiger partial charge on any atom is 2.00 e. The standard InChI is InChI=1S/C7H6O2.C2H5NO2.Ca.2H/c8-7(9)6-4-2-1-3-5-6;3-1-2(4)5;;;/h1-5H,(H,8,9);1,3H2,(H,4,5);;;/q;;+2;2*-1. The Kier molecular flexibility index (Phi) is 11.1. The van der Waals surface area contributed by atoms with Gasteiger partial charge in [-0.15, -0.1) is 0 Å². The Labute approximate surface area is 120 Å². The first kappa shape index (κ1) is 16.8. The van der Waals surface area contributed by atoms with Gasteiger partial charge in [0.05, 0.1) is 12.1 Å². The Bertz CT molecular complexity index is 311. The number of aliphatic carboxylic acids is 1. The fraction of sp³-hybridized carbons (Fsp3) is 0.111. The molecule has 4 N–H and O–H groups in total. The zero-order valence-electron chi connectivity index (χ0n) is 10.1. The van der Waals surface area contributed by atoms with Crippen molar-refractivity contribution in [2.45, 2.75) is 0 Å². The number of carboxylic acids is 2. The van der Waals surface area contributed by atoms with Gasteiger partial charge in [-0.25, -0.2) is 4.79 Å². The predicted molar refractivity (Wildman–Crippen MR) is 58.1 cm³/mol. The van der Waals surface area contributed by atoms with Crippen LogP contribution in [0.15, 0.2) is 30.3 Å². The monoisotopic (exact) mass is 239 g/mol. The van der Waals surface area contributed by atoms with Gasteiger partial charge < -0.3 is 18.8 Å². The van der Waals surface area contributed by atoms with Crippen LogP contribution in [0.4, 0.5) is 0 Å². The molecule has 0 radical (unpaired) electrons. The summed E-state index contributed by atoms with van der Waals surface area (Å²) < 4.78 is 0. The van der Waals surface area contributed by atoms with Crippen LogP contribution < -0.4 is 5.73 Å². The topological polar surface area (TPSA) is 101 Å². The minimum absolute atomic E-state index is 0. The van der Waals surface area contributed by atoms with Crippen LogP contribution in [0.25, 0.3) is 0 Å². The molecule has 1 rings (SSSR count). The van der Waals surface area contributed by atoms with E-state index in [1.54, 1.807) is 30.3 Å². The van der Waals surface area contributed by atoms with Crippen LogP contribution in [0.5, 0.6) is 0 Å². The van der Waals surface area contributed by atoms with Gasteiger partial charge in [0.15, 0.2) is 0 Å². The van der Waals surface area contributed by atoms with Crippen molar-refractivity contribution >= 4 is 49.7 Å². The average Bonchev–Trinajstić information content (AvgIpc) is 2.20. The second-order valence-corrected chi connectivity index (χ2v) is 2.27. The SMILES string of the molecule is NCC(=O)O.O=C(O)c1ccccc1.[Ca+2].[H-].[H-]. The van der Waals surface area contributed by atoms with Crippen molar-refractivity contribution in [2.75, 3.05) is 6.54 Å². The summed E-state index contributed by atoms with van der Waals surface area (Å²) in [4.78, 5) is 19.4. The van der Waals surface area contributed by atoms with Crippen molar-refractivity contribution in [1.29, 1.82) is 0 Å². The third-order valence-electron chi connectivity index (χ3n) is 1.20. The van der Waals surface area contributed by atoms with Gasteiger partial charge >= 0.3 is 49.7 Å². The van der Waals surface area contributed by atoms with E-state index in [1.807, 2.05) is 0 Å². The van der Waals surface area contributed by atoms with E-state index < -0.39 is 11.9 Å². The first-order valence-electron chi connectivity index (χ1n) is 3.78. The summed E-state index contributed by atoms with van der Waals surface area (Å²) in [5.41, 5.74) is 4.90. The maximum atomic E-state index is 10.2. The summed E-state index contributed by atoms with van der Waals surface area (Å²) in [6, 6.07) is 8.30. The van der Waals surface area contributed by atoms with Crippen LogP contribution in [0.3, 0.4) is 0 Å². The van der Waals surface area contributed by atoms with Crippen LogP contribution in [-0.2, 0) is 4.79 Å². The van der Waals surface area contributed by atoms with E-state index in [0.29, 0.717) is 5.56 Å². The number of hydrogen-bond acceptors (Lipinski definition) is 3. The molecule has 0 saturated heterocycles. The summed E-state index contributed by atoms with van der Waals surface area (Å²) in [6.07, 6.45) is 0. The number of hydrogen-bond donors (Lipinski definition) is 3. The van der Waals surface area contributed by atoms with Crippen molar-refractivity contribution < 1.29 is 22.7 Å². The van der Waals surface area contributed by atoms with Gasteiger partial charge in [0.25, 0.3) is 0 Å². The van der Waals surface area contributed by atoms with Crippen LogP contribution in [0, 0.1) is 0 Å². The molecule has 0 aliphatic heterocycles. The Hall–Kier alpha value is -0.620. The number of carboxylic acid groups (broad SMARTS) is 2. The molecule has 0 aliphatic carbocycles. The van der Waals surface area contributed by atoms with Crippen LogP contribution in [-0.4, -0.2) is 66.4 Å². The molecule has 6 heteroatoms. The Morgan fingerprint density at radius 2 is 1.60 bits per heavy atom. The molecule has 0 spiro atoms. The molecule has 1 aromatic carbocycles. The molecular weight excluding hydrogens is 226 g/mol. The Morgan fingerprint density at radius 3 is 1.80 bits per heavy atom. The van der Waals surface area contributed by atoms with E-state index in [4.69, 9.17) is 10.2 Å². The zero-order chi connectivity index (χ0) is 11.0. The molecule has 1 aromatic rings. The van der Waals surface area contributed by atoms with Gasteiger partial charge in [0, 0.05) is 0 Å². The largest absolute Gasteiger partial charge is 2.00 e. The number of benzene rings is 1. The molecule has 0 heterocycles. The molecule has 0 unspecified atom stereocenters. The van der Waals surface area contributed by atoms with Gasteiger partial charge in [-0.1, -0.05) is 18.2 Å². The summed E-state index contributed by atoms with van der Waals surface area (Å²) in [7, 11) is 0. The number of nitrogens with two attached hydrogens (primary N) is 1. The summed E-state index contributed by atoms with van der Waals surface area (Å²) in [5.74, 6) is -1.85. The normalized spacial score (nSPS) is 7.80. The van der Waals surface area contributed by atoms with E-state index in [-0.39, 0.29) is 47.1 Å².